The molecular formula is C18H14N2O3. The molecule has 0 aliphatic rings. The fourth-order valence-corrected chi connectivity index (χ4v) is 2.52. The zero-order valence-electron chi connectivity index (χ0n) is 12.2. The van der Waals surface area contributed by atoms with Gasteiger partial charge in [-0.05, 0) is 22.4 Å². The van der Waals surface area contributed by atoms with Gasteiger partial charge in [0.25, 0.3) is 5.69 Å². The summed E-state index contributed by atoms with van der Waals surface area (Å²) in [5.41, 5.74) is 1.29. The van der Waals surface area contributed by atoms with Crippen molar-refractivity contribution < 1.29 is 9.72 Å². The van der Waals surface area contributed by atoms with Gasteiger partial charge in [0.15, 0.2) is 0 Å². The summed E-state index contributed by atoms with van der Waals surface area (Å²) in [6, 6.07) is 19.6. The van der Waals surface area contributed by atoms with Gasteiger partial charge in [0, 0.05) is 17.8 Å². The Hall–Kier alpha value is -3.21. The molecule has 0 aliphatic heterocycles. The van der Waals surface area contributed by atoms with Crippen LogP contribution >= 0.6 is 0 Å². The fourth-order valence-electron chi connectivity index (χ4n) is 2.52. The van der Waals surface area contributed by atoms with Crippen LogP contribution in [0.3, 0.4) is 0 Å². The third-order valence-corrected chi connectivity index (χ3v) is 3.57. The number of nitrogens with one attached hydrogen (secondary N) is 1. The van der Waals surface area contributed by atoms with Gasteiger partial charge in [-0.3, -0.25) is 14.9 Å². The van der Waals surface area contributed by atoms with Gasteiger partial charge in [-0.15, -0.1) is 0 Å². The number of nitrogens with zero attached hydrogens (tertiary/aromatic N) is 1. The number of hydrogen-bond acceptors (Lipinski definition) is 3. The van der Waals surface area contributed by atoms with Crippen LogP contribution in [-0.4, -0.2) is 10.8 Å². The fraction of sp³-hybridized carbons (Fsp3) is 0.0556. The number of carbonyl (C=O) groups excluding carboxylic acids is 1. The number of benzene rings is 3. The number of carbonyl (C=O) groups is 1. The zero-order valence-corrected chi connectivity index (χ0v) is 12.2. The van der Waals surface area contributed by atoms with Gasteiger partial charge in [-0.1, -0.05) is 48.5 Å². The van der Waals surface area contributed by atoms with Crippen LogP contribution < -0.4 is 5.32 Å². The van der Waals surface area contributed by atoms with E-state index in [4.69, 9.17) is 0 Å². The van der Waals surface area contributed by atoms with Crippen molar-refractivity contribution in [1.29, 1.82) is 0 Å². The second-order valence-corrected chi connectivity index (χ2v) is 5.17. The van der Waals surface area contributed by atoms with E-state index in [1.807, 2.05) is 42.5 Å². The highest BCUT2D eigenvalue weighted by molar-refractivity contribution is 5.96. The smallest absolute Gasteiger partial charge is 0.271 e. The van der Waals surface area contributed by atoms with Crippen molar-refractivity contribution in [3.05, 3.63) is 82.4 Å². The molecule has 0 atom stereocenters. The van der Waals surface area contributed by atoms with Crippen LogP contribution in [0.5, 0.6) is 0 Å². The van der Waals surface area contributed by atoms with E-state index in [1.165, 1.54) is 12.1 Å². The lowest BCUT2D eigenvalue weighted by molar-refractivity contribution is -0.384. The summed E-state index contributed by atoms with van der Waals surface area (Å²) in [4.78, 5) is 22.5. The summed E-state index contributed by atoms with van der Waals surface area (Å²) < 4.78 is 0. The summed E-state index contributed by atoms with van der Waals surface area (Å²) in [6.45, 7) is 0. The van der Waals surface area contributed by atoms with E-state index < -0.39 is 4.92 Å². The molecule has 23 heavy (non-hydrogen) atoms. The Morgan fingerprint density at radius 3 is 2.57 bits per heavy atom. The van der Waals surface area contributed by atoms with Gasteiger partial charge < -0.3 is 5.32 Å². The Balaban J connectivity index is 1.79. The van der Waals surface area contributed by atoms with E-state index in [-0.39, 0.29) is 18.0 Å². The second kappa shape index (κ2) is 6.27. The second-order valence-electron chi connectivity index (χ2n) is 5.17. The highest BCUT2D eigenvalue weighted by Gasteiger charge is 2.10. The first-order valence-corrected chi connectivity index (χ1v) is 7.14. The Kier molecular flexibility index (Phi) is 4.01. The summed E-state index contributed by atoms with van der Waals surface area (Å²) in [5, 5.41) is 15.6. The lowest BCUT2D eigenvalue weighted by Crippen LogP contribution is -2.14. The lowest BCUT2D eigenvalue weighted by atomic mass is 10.0. The van der Waals surface area contributed by atoms with Crippen LogP contribution in [0.25, 0.3) is 10.8 Å². The topological polar surface area (TPSA) is 72.2 Å². The van der Waals surface area contributed by atoms with Gasteiger partial charge in [-0.2, -0.15) is 0 Å². The minimum absolute atomic E-state index is 0.0482. The lowest BCUT2D eigenvalue weighted by Gasteiger charge is -2.08. The molecule has 0 radical (unpaired) electrons. The molecule has 0 saturated heterocycles. The minimum Gasteiger partial charge on any atom is -0.326 e. The standard InChI is InChI=1S/C18H14N2O3/c21-18(19-15-8-4-9-16(12-15)20(22)23)11-14-7-3-6-13-5-1-2-10-17(13)14/h1-10,12H,11H2,(H,19,21). The summed E-state index contributed by atoms with van der Waals surface area (Å²) in [5.74, 6) is -0.207. The van der Waals surface area contributed by atoms with Crippen molar-refractivity contribution in [2.45, 2.75) is 6.42 Å². The molecule has 1 amide bonds. The summed E-state index contributed by atoms with van der Waals surface area (Å²) in [7, 11) is 0. The highest BCUT2D eigenvalue weighted by atomic mass is 16.6. The third kappa shape index (κ3) is 3.35. The Bertz CT molecular complexity index is 885. The average molecular weight is 306 g/mol. The molecule has 5 nitrogen and oxygen atoms in total. The Morgan fingerprint density at radius 1 is 1.00 bits per heavy atom. The van der Waals surface area contributed by atoms with Crippen molar-refractivity contribution in [3.8, 4) is 0 Å². The molecule has 0 spiro atoms. The maximum Gasteiger partial charge on any atom is 0.271 e. The number of amides is 1. The van der Waals surface area contributed by atoms with E-state index in [9.17, 15) is 14.9 Å². The molecule has 114 valence electrons. The number of nitro groups is 1. The van der Waals surface area contributed by atoms with Crippen molar-refractivity contribution in [2.75, 3.05) is 5.32 Å². The number of non-ortho nitro benzene ring substituents is 1. The summed E-state index contributed by atoms with van der Waals surface area (Å²) >= 11 is 0. The van der Waals surface area contributed by atoms with Crippen LogP contribution in [0.15, 0.2) is 66.7 Å². The first-order chi connectivity index (χ1) is 11.1. The summed E-state index contributed by atoms with van der Waals surface area (Å²) in [6.07, 6.45) is 0.212. The number of anilines is 1. The first-order valence-electron chi connectivity index (χ1n) is 7.14. The Morgan fingerprint density at radius 2 is 1.74 bits per heavy atom. The maximum atomic E-state index is 12.2. The van der Waals surface area contributed by atoms with Gasteiger partial charge in [0.1, 0.15) is 0 Å². The van der Waals surface area contributed by atoms with E-state index in [2.05, 4.69) is 5.32 Å². The third-order valence-electron chi connectivity index (χ3n) is 3.57. The average Bonchev–Trinajstić information content (AvgIpc) is 2.55. The monoisotopic (exact) mass is 306 g/mol. The molecule has 0 aromatic heterocycles. The predicted octanol–water partition coefficient (Wildman–Crippen LogP) is 3.93. The quantitative estimate of drug-likeness (QED) is 0.586. The maximum absolute atomic E-state index is 12.2. The van der Waals surface area contributed by atoms with Crippen LogP contribution in [0.1, 0.15) is 5.56 Å². The first kappa shape index (κ1) is 14.7. The molecule has 0 unspecified atom stereocenters. The molecule has 3 aromatic rings. The molecule has 0 saturated carbocycles. The van der Waals surface area contributed by atoms with Gasteiger partial charge in [0.2, 0.25) is 5.91 Å². The van der Waals surface area contributed by atoms with Crippen molar-refractivity contribution in [3.63, 3.8) is 0 Å². The Labute approximate surface area is 132 Å². The predicted molar refractivity (Wildman–Crippen MR) is 89.4 cm³/mol. The van der Waals surface area contributed by atoms with Crippen molar-refractivity contribution >= 4 is 28.1 Å². The number of nitro benzene ring substituents is 1. The molecule has 0 aliphatic carbocycles. The van der Waals surface area contributed by atoms with Crippen LogP contribution in [0.2, 0.25) is 0 Å². The molecule has 0 heterocycles. The number of fused-ring (bicyclic) bond motifs is 1. The van der Waals surface area contributed by atoms with Gasteiger partial charge >= 0.3 is 0 Å². The van der Waals surface area contributed by atoms with E-state index in [0.29, 0.717) is 5.69 Å². The molecule has 3 rings (SSSR count). The van der Waals surface area contributed by atoms with E-state index in [1.54, 1.807) is 12.1 Å². The molecule has 1 N–H and O–H groups in total. The molecule has 5 heteroatoms. The van der Waals surface area contributed by atoms with Crippen molar-refractivity contribution in [2.24, 2.45) is 0 Å². The molecule has 0 bridgehead atoms. The largest absolute Gasteiger partial charge is 0.326 e. The van der Waals surface area contributed by atoms with Crippen LogP contribution in [-0.2, 0) is 11.2 Å². The van der Waals surface area contributed by atoms with Crippen LogP contribution in [0, 0.1) is 10.1 Å². The zero-order chi connectivity index (χ0) is 16.2. The molecule has 0 fully saturated rings. The normalized spacial score (nSPS) is 10.4. The molecular weight excluding hydrogens is 292 g/mol. The van der Waals surface area contributed by atoms with Crippen molar-refractivity contribution in [1.82, 2.24) is 0 Å². The SMILES string of the molecule is O=C(Cc1cccc2ccccc12)Nc1cccc([N+](=O)[O-])c1. The van der Waals surface area contributed by atoms with Gasteiger partial charge in [0.05, 0.1) is 11.3 Å². The number of hydrogen-bond donors (Lipinski definition) is 1. The molecule has 3 aromatic carbocycles. The van der Waals surface area contributed by atoms with E-state index >= 15 is 0 Å². The minimum atomic E-state index is -0.486. The highest BCUT2D eigenvalue weighted by Crippen LogP contribution is 2.20. The number of rotatable bonds is 4. The van der Waals surface area contributed by atoms with Gasteiger partial charge in [-0.25, -0.2) is 0 Å². The van der Waals surface area contributed by atoms with E-state index in [0.717, 1.165) is 16.3 Å². The van der Waals surface area contributed by atoms with Crippen LogP contribution in [0.4, 0.5) is 11.4 Å².